The van der Waals surface area contributed by atoms with Crippen LogP contribution in [0.4, 0.5) is 19.0 Å². The number of aromatic nitrogens is 4. The molecule has 1 saturated carbocycles. The lowest BCUT2D eigenvalue weighted by Gasteiger charge is -2.28. The van der Waals surface area contributed by atoms with E-state index in [4.69, 9.17) is 0 Å². The largest absolute Gasteiger partial charge is 0.392 e. The van der Waals surface area contributed by atoms with Gasteiger partial charge in [-0.25, -0.2) is 27.7 Å². The zero-order chi connectivity index (χ0) is 20.8. The summed E-state index contributed by atoms with van der Waals surface area (Å²) in [6.07, 6.45) is 2.52. The fourth-order valence-corrected chi connectivity index (χ4v) is 3.85. The molecule has 158 valence electrons. The zero-order valence-corrected chi connectivity index (χ0v) is 16.1. The predicted octanol–water partition coefficient (Wildman–Crippen LogP) is 2.55. The summed E-state index contributed by atoms with van der Waals surface area (Å²) in [5.74, 6) is -1.71. The Morgan fingerprint density at radius 3 is 2.77 bits per heavy atom. The number of aliphatic hydroxyl groups is 1. The molecule has 0 spiro atoms. The molecule has 1 aliphatic heterocycles. The highest BCUT2D eigenvalue weighted by molar-refractivity contribution is 5.63. The van der Waals surface area contributed by atoms with Gasteiger partial charge in [0.1, 0.15) is 17.6 Å². The third-order valence-electron chi connectivity index (χ3n) is 5.63. The maximum Gasteiger partial charge on any atom is 0.168 e. The summed E-state index contributed by atoms with van der Waals surface area (Å²) in [6.45, 7) is 0.714. The van der Waals surface area contributed by atoms with Gasteiger partial charge >= 0.3 is 0 Å². The number of nitrogens with one attached hydrogen (secondary N) is 2. The molecule has 30 heavy (non-hydrogen) atoms. The number of aliphatic hydroxyl groups excluding tert-OH is 1. The highest BCUT2D eigenvalue weighted by Gasteiger charge is 2.30. The number of piperidine rings is 1. The Labute approximate surface area is 170 Å². The summed E-state index contributed by atoms with van der Waals surface area (Å²) >= 11 is 0. The van der Waals surface area contributed by atoms with E-state index in [2.05, 4.69) is 25.7 Å². The molecule has 5 rings (SSSR count). The molecule has 1 aliphatic carbocycles. The van der Waals surface area contributed by atoms with Crippen LogP contribution in [0.5, 0.6) is 0 Å². The second kappa shape index (κ2) is 7.51. The number of anilines is 1. The van der Waals surface area contributed by atoms with Gasteiger partial charge in [-0.15, -0.1) is 0 Å². The third-order valence-corrected chi connectivity index (χ3v) is 5.63. The van der Waals surface area contributed by atoms with Crippen LogP contribution in [-0.4, -0.2) is 50.0 Å². The fourth-order valence-electron chi connectivity index (χ4n) is 3.85. The van der Waals surface area contributed by atoms with E-state index in [0.717, 1.165) is 24.6 Å². The van der Waals surface area contributed by atoms with Gasteiger partial charge in [-0.2, -0.15) is 5.10 Å². The Kier molecular flexibility index (Phi) is 4.82. The molecule has 0 amide bonds. The second-order valence-corrected chi connectivity index (χ2v) is 7.81. The van der Waals surface area contributed by atoms with Crippen LogP contribution >= 0.6 is 0 Å². The zero-order valence-electron chi connectivity index (χ0n) is 16.1. The summed E-state index contributed by atoms with van der Waals surface area (Å²) in [5, 5.41) is 20.0. The van der Waals surface area contributed by atoms with Gasteiger partial charge < -0.3 is 15.7 Å². The smallest absolute Gasteiger partial charge is 0.168 e. The quantitative estimate of drug-likeness (QED) is 0.590. The van der Waals surface area contributed by atoms with Crippen LogP contribution in [0.3, 0.4) is 0 Å². The number of hydrogen-bond acceptors (Lipinski definition) is 6. The number of fused-ring (bicyclic) bond motifs is 1. The van der Waals surface area contributed by atoms with Gasteiger partial charge in [-0.1, -0.05) is 0 Å². The van der Waals surface area contributed by atoms with Gasteiger partial charge in [0.05, 0.1) is 24.5 Å². The Balaban J connectivity index is 1.56. The molecule has 3 N–H and O–H groups in total. The summed E-state index contributed by atoms with van der Waals surface area (Å²) in [7, 11) is 0. The fraction of sp³-hybridized carbons (Fsp3) is 0.450. The van der Waals surface area contributed by atoms with Crippen LogP contribution in [0.25, 0.3) is 17.0 Å². The topological polar surface area (TPSA) is 87.4 Å². The Hall–Kier alpha value is -2.72. The number of nitrogens with zero attached hydrogens (tertiary/aromatic N) is 4. The minimum atomic E-state index is -1.16. The first-order valence-corrected chi connectivity index (χ1v) is 10.0. The van der Waals surface area contributed by atoms with E-state index in [-0.39, 0.29) is 29.7 Å². The number of alkyl halides is 1. The number of halogens is 3. The summed E-state index contributed by atoms with van der Waals surface area (Å²) in [6, 6.07) is 1.79. The lowest BCUT2D eigenvalue weighted by atomic mass is 10.1. The van der Waals surface area contributed by atoms with Crippen molar-refractivity contribution < 1.29 is 18.3 Å². The van der Waals surface area contributed by atoms with Crippen LogP contribution in [0, 0.1) is 11.6 Å². The molecule has 2 aliphatic rings. The molecule has 0 unspecified atom stereocenters. The van der Waals surface area contributed by atoms with Gasteiger partial charge in [-0.05, 0) is 31.9 Å². The molecular formula is C20H21F3N6O. The molecule has 2 fully saturated rings. The van der Waals surface area contributed by atoms with Crippen molar-refractivity contribution in [3.63, 3.8) is 0 Å². The Morgan fingerprint density at radius 1 is 1.20 bits per heavy atom. The molecule has 0 radical (unpaired) electrons. The van der Waals surface area contributed by atoms with Gasteiger partial charge in [-0.3, -0.25) is 0 Å². The van der Waals surface area contributed by atoms with Crippen molar-refractivity contribution in [2.45, 2.75) is 44.0 Å². The first-order valence-electron chi connectivity index (χ1n) is 10.0. The van der Waals surface area contributed by atoms with Crippen LogP contribution in [0.15, 0.2) is 18.3 Å². The lowest BCUT2D eigenvalue weighted by molar-refractivity contribution is 0.240. The SMILES string of the molecule is OCc1cc2ncc(-c3nc(N[C@H]4CNCC[C@@H]4F)c(F)cc3F)n2nc1C1CC1. The third kappa shape index (κ3) is 3.39. The van der Waals surface area contributed by atoms with Gasteiger partial charge in [0, 0.05) is 24.1 Å². The normalized spacial score (nSPS) is 21.9. The molecule has 4 heterocycles. The van der Waals surface area contributed by atoms with E-state index >= 15 is 0 Å². The molecule has 1 saturated heterocycles. The van der Waals surface area contributed by atoms with Crippen molar-refractivity contribution >= 4 is 11.5 Å². The van der Waals surface area contributed by atoms with E-state index in [1.807, 2.05) is 0 Å². The number of pyridine rings is 1. The standard InChI is InChI=1S/C20H21F3N6O/c21-12-3-4-24-7-15(12)26-20-14(23)6-13(22)19(27-20)16-8-25-17-5-11(9-30)18(10-1-2-10)28-29(16)17/h5-6,8,10,12,15,24,30H,1-4,7,9H2,(H,26,27)/t12-,15-/m0/s1. The average molecular weight is 418 g/mol. The van der Waals surface area contributed by atoms with Crippen molar-refractivity contribution in [1.29, 1.82) is 0 Å². The van der Waals surface area contributed by atoms with Crippen molar-refractivity contribution in [3.8, 4) is 11.4 Å². The van der Waals surface area contributed by atoms with Crippen molar-refractivity contribution in [2.24, 2.45) is 0 Å². The van der Waals surface area contributed by atoms with E-state index < -0.39 is 23.8 Å². The summed E-state index contributed by atoms with van der Waals surface area (Å²) in [5.41, 5.74) is 2.00. The monoisotopic (exact) mass is 418 g/mol. The first-order chi connectivity index (χ1) is 14.5. The van der Waals surface area contributed by atoms with Crippen molar-refractivity contribution in [2.75, 3.05) is 18.4 Å². The molecule has 7 nitrogen and oxygen atoms in total. The van der Waals surface area contributed by atoms with Gasteiger partial charge in [0.2, 0.25) is 0 Å². The molecular weight excluding hydrogens is 397 g/mol. The molecule has 3 aromatic heterocycles. The van der Waals surface area contributed by atoms with Gasteiger partial charge in [0.25, 0.3) is 0 Å². The highest BCUT2D eigenvalue weighted by atomic mass is 19.1. The molecule has 10 heteroatoms. The van der Waals surface area contributed by atoms with Crippen LogP contribution in [-0.2, 0) is 6.61 Å². The highest BCUT2D eigenvalue weighted by Crippen LogP contribution is 2.41. The maximum atomic E-state index is 14.7. The van der Waals surface area contributed by atoms with Crippen molar-refractivity contribution in [1.82, 2.24) is 24.9 Å². The summed E-state index contributed by atoms with van der Waals surface area (Å²) in [4.78, 5) is 8.36. The van der Waals surface area contributed by atoms with Crippen LogP contribution < -0.4 is 10.6 Å². The van der Waals surface area contributed by atoms with E-state index in [0.29, 0.717) is 30.7 Å². The first kappa shape index (κ1) is 19.3. The predicted molar refractivity (Wildman–Crippen MR) is 104 cm³/mol. The minimum Gasteiger partial charge on any atom is -0.392 e. The van der Waals surface area contributed by atoms with E-state index in [9.17, 15) is 18.3 Å². The molecule has 0 bridgehead atoms. The number of rotatable bonds is 5. The second-order valence-electron chi connectivity index (χ2n) is 7.81. The molecule has 3 aromatic rings. The van der Waals surface area contributed by atoms with Gasteiger partial charge in [0.15, 0.2) is 23.1 Å². The maximum absolute atomic E-state index is 14.7. The average Bonchev–Trinajstić information content (AvgIpc) is 3.51. The van der Waals surface area contributed by atoms with Crippen molar-refractivity contribution in [3.05, 3.63) is 41.2 Å². The van der Waals surface area contributed by atoms with Crippen LogP contribution in [0.1, 0.15) is 36.4 Å². The number of hydrogen-bond donors (Lipinski definition) is 3. The van der Waals surface area contributed by atoms with E-state index in [1.54, 1.807) is 6.07 Å². The minimum absolute atomic E-state index is 0.128. The number of imidazole rings is 1. The summed E-state index contributed by atoms with van der Waals surface area (Å²) < 4.78 is 44.7. The Bertz CT molecular complexity index is 1100. The van der Waals surface area contributed by atoms with Crippen LogP contribution in [0.2, 0.25) is 0 Å². The van der Waals surface area contributed by atoms with E-state index in [1.165, 1.54) is 10.7 Å². The Morgan fingerprint density at radius 2 is 2.03 bits per heavy atom. The molecule has 2 atom stereocenters. The lowest BCUT2D eigenvalue weighted by Crippen LogP contribution is -2.46. The molecule has 0 aromatic carbocycles.